The van der Waals surface area contributed by atoms with Gasteiger partial charge in [0.15, 0.2) is 0 Å². The molecule has 2 N–H and O–H groups in total. The van der Waals surface area contributed by atoms with E-state index in [4.69, 9.17) is 19.7 Å². The molecule has 1 aromatic rings. The number of benzene rings is 1. The highest BCUT2D eigenvalue weighted by Crippen LogP contribution is 2.04. The molecule has 0 fully saturated rings. The van der Waals surface area contributed by atoms with E-state index >= 15 is 0 Å². The van der Waals surface area contributed by atoms with Crippen molar-refractivity contribution in [1.82, 2.24) is 0 Å². The Bertz CT molecular complexity index is 326. The van der Waals surface area contributed by atoms with Crippen LogP contribution in [0.1, 0.15) is 19.4 Å². The number of hydrogen-bond acceptors (Lipinski definition) is 3. The molecule has 88 valence electrons. The van der Waals surface area contributed by atoms with Crippen molar-refractivity contribution < 1.29 is 19.7 Å². The van der Waals surface area contributed by atoms with Crippen molar-refractivity contribution in [1.29, 1.82) is 0 Å². The SMILES string of the molecule is CC(=O)O.CCOC(O)=Cc1ccccc1. The van der Waals surface area contributed by atoms with Crippen molar-refractivity contribution in [3.63, 3.8) is 0 Å². The molecule has 0 aliphatic rings. The first-order chi connectivity index (χ1) is 7.56. The van der Waals surface area contributed by atoms with E-state index < -0.39 is 5.97 Å². The number of carboxylic acids is 1. The number of carboxylic acid groups (broad SMARTS) is 1. The Morgan fingerprint density at radius 1 is 1.31 bits per heavy atom. The van der Waals surface area contributed by atoms with E-state index in [1.807, 2.05) is 37.3 Å². The van der Waals surface area contributed by atoms with Crippen LogP contribution in [0.3, 0.4) is 0 Å². The minimum absolute atomic E-state index is 0.0382. The van der Waals surface area contributed by atoms with E-state index in [0.717, 1.165) is 12.5 Å². The summed E-state index contributed by atoms with van der Waals surface area (Å²) in [5, 5.41) is 16.6. The van der Waals surface area contributed by atoms with E-state index in [-0.39, 0.29) is 5.95 Å². The summed E-state index contributed by atoms with van der Waals surface area (Å²) < 4.78 is 4.86. The van der Waals surface area contributed by atoms with Crippen molar-refractivity contribution in [2.75, 3.05) is 6.61 Å². The number of ether oxygens (including phenoxy) is 1. The van der Waals surface area contributed by atoms with Gasteiger partial charge in [-0.3, -0.25) is 4.79 Å². The number of hydrogen-bond donors (Lipinski definition) is 2. The highest BCUT2D eigenvalue weighted by molar-refractivity contribution is 5.62. The molecular weight excluding hydrogens is 208 g/mol. The zero-order chi connectivity index (χ0) is 12.4. The van der Waals surface area contributed by atoms with E-state index in [1.165, 1.54) is 0 Å². The molecule has 16 heavy (non-hydrogen) atoms. The molecule has 0 unspecified atom stereocenters. The van der Waals surface area contributed by atoms with Gasteiger partial charge in [-0.1, -0.05) is 30.3 Å². The number of aliphatic hydroxyl groups is 1. The largest absolute Gasteiger partial charge is 0.481 e. The Morgan fingerprint density at radius 2 is 1.81 bits per heavy atom. The lowest BCUT2D eigenvalue weighted by molar-refractivity contribution is -0.134. The van der Waals surface area contributed by atoms with Crippen LogP contribution in [0.25, 0.3) is 6.08 Å². The van der Waals surface area contributed by atoms with E-state index in [0.29, 0.717) is 6.61 Å². The summed E-state index contributed by atoms with van der Waals surface area (Å²) in [6, 6.07) is 9.54. The molecule has 0 radical (unpaired) electrons. The molecular formula is C12H16O4. The molecule has 0 bridgehead atoms. The molecule has 0 heterocycles. The Balaban J connectivity index is 0.000000487. The number of carbonyl (C=O) groups is 1. The fourth-order valence-electron chi connectivity index (χ4n) is 0.881. The summed E-state index contributed by atoms with van der Waals surface area (Å²) >= 11 is 0. The zero-order valence-corrected chi connectivity index (χ0v) is 9.38. The average Bonchev–Trinajstić information content (AvgIpc) is 2.18. The second-order valence-corrected chi connectivity index (χ2v) is 2.85. The average molecular weight is 224 g/mol. The van der Waals surface area contributed by atoms with Crippen LogP contribution in [0.15, 0.2) is 36.3 Å². The van der Waals surface area contributed by atoms with Crippen LogP contribution in [-0.2, 0) is 9.53 Å². The minimum atomic E-state index is -0.833. The lowest BCUT2D eigenvalue weighted by atomic mass is 10.2. The number of aliphatic carboxylic acids is 1. The molecule has 0 aromatic heterocycles. The predicted molar refractivity (Wildman–Crippen MR) is 62.0 cm³/mol. The maximum Gasteiger partial charge on any atom is 0.300 e. The van der Waals surface area contributed by atoms with Crippen LogP contribution in [0.4, 0.5) is 0 Å². The predicted octanol–water partition coefficient (Wildman–Crippen LogP) is 2.67. The van der Waals surface area contributed by atoms with Gasteiger partial charge in [0.1, 0.15) is 0 Å². The van der Waals surface area contributed by atoms with Gasteiger partial charge in [0.25, 0.3) is 11.9 Å². The normalized spacial score (nSPS) is 10.0. The van der Waals surface area contributed by atoms with Crippen LogP contribution >= 0.6 is 0 Å². The lowest BCUT2D eigenvalue weighted by Crippen LogP contribution is -1.88. The van der Waals surface area contributed by atoms with Gasteiger partial charge in [-0.15, -0.1) is 0 Å². The summed E-state index contributed by atoms with van der Waals surface area (Å²) in [6.07, 6.45) is 1.59. The van der Waals surface area contributed by atoms with Crippen LogP contribution in [0, 0.1) is 0 Å². The van der Waals surface area contributed by atoms with Gasteiger partial charge in [-0.05, 0) is 12.5 Å². The third-order valence-corrected chi connectivity index (χ3v) is 1.38. The first kappa shape index (κ1) is 14.0. The molecule has 0 atom stereocenters. The Labute approximate surface area is 94.8 Å². The molecule has 1 aromatic carbocycles. The standard InChI is InChI=1S/C10H12O2.C2H4O2/c1-2-12-10(11)8-9-6-4-3-5-7-9;1-2(3)4/h3-8,11H,2H2,1H3;1H3,(H,3,4). The van der Waals surface area contributed by atoms with Gasteiger partial charge < -0.3 is 14.9 Å². The smallest absolute Gasteiger partial charge is 0.300 e. The fourth-order valence-corrected chi connectivity index (χ4v) is 0.881. The third kappa shape index (κ3) is 8.62. The van der Waals surface area contributed by atoms with Crippen molar-refractivity contribution in [2.45, 2.75) is 13.8 Å². The second kappa shape index (κ2) is 8.35. The van der Waals surface area contributed by atoms with Gasteiger partial charge in [-0.2, -0.15) is 0 Å². The number of aliphatic hydroxyl groups excluding tert-OH is 1. The molecule has 0 spiro atoms. The van der Waals surface area contributed by atoms with Crippen molar-refractivity contribution in [2.24, 2.45) is 0 Å². The molecule has 0 amide bonds. The quantitative estimate of drug-likeness (QED) is 0.774. The van der Waals surface area contributed by atoms with Gasteiger partial charge in [0.2, 0.25) is 0 Å². The highest BCUT2D eigenvalue weighted by atomic mass is 16.6. The topological polar surface area (TPSA) is 66.8 Å². The molecule has 4 heteroatoms. The zero-order valence-electron chi connectivity index (χ0n) is 9.38. The van der Waals surface area contributed by atoms with Crippen LogP contribution in [0.2, 0.25) is 0 Å². The van der Waals surface area contributed by atoms with Crippen molar-refractivity contribution >= 4 is 12.0 Å². The van der Waals surface area contributed by atoms with Crippen LogP contribution in [0.5, 0.6) is 0 Å². The maximum absolute atomic E-state index is 9.14. The molecule has 0 saturated heterocycles. The monoisotopic (exact) mass is 224 g/mol. The van der Waals surface area contributed by atoms with E-state index in [2.05, 4.69) is 0 Å². The second-order valence-electron chi connectivity index (χ2n) is 2.85. The molecule has 4 nitrogen and oxygen atoms in total. The summed E-state index contributed by atoms with van der Waals surface area (Å²) in [5.41, 5.74) is 0.934. The summed E-state index contributed by atoms with van der Waals surface area (Å²) in [4.78, 5) is 9.00. The first-order valence-corrected chi connectivity index (χ1v) is 4.84. The van der Waals surface area contributed by atoms with Crippen LogP contribution in [-0.4, -0.2) is 22.8 Å². The molecule has 0 saturated carbocycles. The Morgan fingerprint density at radius 3 is 2.25 bits per heavy atom. The van der Waals surface area contributed by atoms with Crippen molar-refractivity contribution in [3.8, 4) is 0 Å². The maximum atomic E-state index is 9.14. The Hall–Kier alpha value is -1.97. The third-order valence-electron chi connectivity index (χ3n) is 1.38. The number of rotatable bonds is 3. The summed E-state index contributed by atoms with van der Waals surface area (Å²) in [6.45, 7) is 3.39. The summed E-state index contributed by atoms with van der Waals surface area (Å²) in [5.74, 6) is -0.872. The van der Waals surface area contributed by atoms with Crippen LogP contribution < -0.4 is 0 Å². The Kier molecular flexibility index (Phi) is 7.32. The first-order valence-electron chi connectivity index (χ1n) is 4.84. The lowest BCUT2D eigenvalue weighted by Gasteiger charge is -1.99. The van der Waals surface area contributed by atoms with Gasteiger partial charge in [-0.25, -0.2) is 0 Å². The molecule has 0 aliphatic heterocycles. The molecule has 0 aliphatic carbocycles. The highest BCUT2D eigenvalue weighted by Gasteiger charge is 1.91. The van der Waals surface area contributed by atoms with Gasteiger partial charge >= 0.3 is 0 Å². The fraction of sp³-hybridized carbons (Fsp3) is 0.250. The van der Waals surface area contributed by atoms with Gasteiger partial charge in [0, 0.05) is 13.0 Å². The van der Waals surface area contributed by atoms with Crippen molar-refractivity contribution in [3.05, 3.63) is 41.8 Å². The molecule has 1 rings (SSSR count). The summed E-state index contributed by atoms with van der Waals surface area (Å²) in [7, 11) is 0. The van der Waals surface area contributed by atoms with E-state index in [9.17, 15) is 0 Å². The minimum Gasteiger partial charge on any atom is -0.481 e. The van der Waals surface area contributed by atoms with Gasteiger partial charge in [0.05, 0.1) is 6.61 Å². The van der Waals surface area contributed by atoms with E-state index in [1.54, 1.807) is 6.08 Å².